The molecule has 1 saturated heterocycles. The fourth-order valence-electron chi connectivity index (χ4n) is 4.19. The zero-order valence-electron chi connectivity index (χ0n) is 20.3. The second-order valence-corrected chi connectivity index (χ2v) is 10.3. The van der Waals surface area contributed by atoms with E-state index in [-0.39, 0.29) is 10.6 Å². The van der Waals surface area contributed by atoms with Gasteiger partial charge in [-0.15, -0.1) is 0 Å². The van der Waals surface area contributed by atoms with Gasteiger partial charge in [0.05, 0.1) is 10.4 Å². The molecule has 0 atom stereocenters. The van der Waals surface area contributed by atoms with Crippen LogP contribution in [0.5, 0.6) is 5.75 Å². The lowest BCUT2D eigenvalue weighted by atomic mass is 10.1. The van der Waals surface area contributed by atoms with E-state index in [1.165, 1.54) is 12.1 Å². The Balaban J connectivity index is 1.43. The summed E-state index contributed by atoms with van der Waals surface area (Å²) < 4.78 is 33.8. The summed E-state index contributed by atoms with van der Waals surface area (Å²) in [4.78, 5) is 20.2. The lowest BCUT2D eigenvalue weighted by Gasteiger charge is -2.35. The molecule has 0 amide bonds. The molecule has 1 fully saturated rings. The fourth-order valence-corrected chi connectivity index (χ4v) is 5.08. The molecule has 2 N–H and O–H groups in total. The molecule has 9 nitrogen and oxygen atoms in total. The highest BCUT2D eigenvalue weighted by Gasteiger charge is 2.23. The number of likely N-dealkylation sites (N-methyl/N-ethyl adjacent to an activating group) is 1. The van der Waals surface area contributed by atoms with E-state index in [9.17, 15) is 18.3 Å². The SMILES string of the molecule is CCN1CCN(C(=CNS(=O)(=O)c2ccc(OCc3cc(C)nc4ccccc34)cc2)C(=O)O)CC1. The van der Waals surface area contributed by atoms with Crippen molar-refractivity contribution >= 4 is 26.9 Å². The van der Waals surface area contributed by atoms with Gasteiger partial charge in [0.2, 0.25) is 0 Å². The molecule has 0 unspecified atom stereocenters. The van der Waals surface area contributed by atoms with Crippen molar-refractivity contribution in [1.82, 2.24) is 19.5 Å². The van der Waals surface area contributed by atoms with Crippen LogP contribution in [0.15, 0.2) is 71.4 Å². The molecule has 0 radical (unpaired) electrons. The molecule has 36 heavy (non-hydrogen) atoms. The summed E-state index contributed by atoms with van der Waals surface area (Å²) in [5.74, 6) is -0.659. The van der Waals surface area contributed by atoms with E-state index in [2.05, 4.69) is 21.5 Å². The second kappa shape index (κ2) is 11.0. The maximum absolute atomic E-state index is 12.8. The van der Waals surface area contributed by atoms with Crippen LogP contribution in [0.2, 0.25) is 0 Å². The molecule has 1 aliphatic rings. The minimum atomic E-state index is -3.95. The predicted molar refractivity (Wildman–Crippen MR) is 137 cm³/mol. The summed E-state index contributed by atoms with van der Waals surface area (Å²) in [5, 5.41) is 10.6. The number of ether oxygens (including phenoxy) is 1. The average molecular weight is 511 g/mol. The third kappa shape index (κ3) is 5.95. The molecule has 10 heteroatoms. The van der Waals surface area contributed by atoms with Gasteiger partial charge in [-0.1, -0.05) is 25.1 Å². The van der Waals surface area contributed by atoms with Gasteiger partial charge in [0.1, 0.15) is 18.1 Å². The van der Waals surface area contributed by atoms with E-state index >= 15 is 0 Å². The van der Waals surface area contributed by atoms with Crippen molar-refractivity contribution in [3.63, 3.8) is 0 Å². The molecular formula is C26H30N4O5S. The fraction of sp³-hybridized carbons (Fsp3) is 0.308. The van der Waals surface area contributed by atoms with Gasteiger partial charge >= 0.3 is 5.97 Å². The molecule has 2 heterocycles. The molecule has 1 aromatic heterocycles. The number of carboxylic acids is 1. The van der Waals surface area contributed by atoms with Crippen LogP contribution >= 0.6 is 0 Å². The van der Waals surface area contributed by atoms with Crippen LogP contribution < -0.4 is 9.46 Å². The van der Waals surface area contributed by atoms with Gasteiger partial charge in [-0.05, 0) is 49.9 Å². The Kier molecular flexibility index (Phi) is 7.76. The van der Waals surface area contributed by atoms with Crippen LogP contribution in [0.4, 0.5) is 0 Å². The van der Waals surface area contributed by atoms with Crippen LogP contribution in [0.3, 0.4) is 0 Å². The maximum Gasteiger partial charge on any atom is 0.353 e. The molecule has 3 aromatic rings. The largest absolute Gasteiger partial charge is 0.489 e. The number of rotatable bonds is 9. The number of nitrogens with zero attached hydrogens (tertiary/aromatic N) is 3. The number of sulfonamides is 1. The number of nitrogens with one attached hydrogen (secondary N) is 1. The highest BCUT2D eigenvalue weighted by Crippen LogP contribution is 2.22. The van der Waals surface area contributed by atoms with Gasteiger partial charge in [0, 0.05) is 49.0 Å². The summed E-state index contributed by atoms with van der Waals surface area (Å²) >= 11 is 0. The Morgan fingerprint density at radius 1 is 1.11 bits per heavy atom. The van der Waals surface area contributed by atoms with Crippen LogP contribution in [0, 0.1) is 6.92 Å². The van der Waals surface area contributed by atoms with Gasteiger partial charge in [0.15, 0.2) is 0 Å². The number of pyridine rings is 1. The number of para-hydroxylation sites is 1. The highest BCUT2D eigenvalue weighted by atomic mass is 32.2. The van der Waals surface area contributed by atoms with Gasteiger partial charge in [-0.2, -0.15) is 0 Å². The molecular weight excluding hydrogens is 480 g/mol. The van der Waals surface area contributed by atoms with Crippen molar-refractivity contribution in [3.8, 4) is 5.75 Å². The van der Waals surface area contributed by atoms with E-state index in [1.807, 2.05) is 37.3 Å². The minimum Gasteiger partial charge on any atom is -0.489 e. The predicted octanol–water partition coefficient (Wildman–Crippen LogP) is 2.96. The Labute approximate surface area is 211 Å². The monoisotopic (exact) mass is 510 g/mol. The summed E-state index contributed by atoms with van der Waals surface area (Å²) in [6.45, 7) is 7.68. The smallest absolute Gasteiger partial charge is 0.353 e. The number of hydrogen-bond donors (Lipinski definition) is 2. The topological polar surface area (TPSA) is 112 Å². The third-order valence-electron chi connectivity index (χ3n) is 6.19. The molecule has 190 valence electrons. The van der Waals surface area contributed by atoms with Gasteiger partial charge in [-0.3, -0.25) is 9.71 Å². The zero-order chi connectivity index (χ0) is 25.7. The van der Waals surface area contributed by atoms with Crippen molar-refractivity contribution in [2.45, 2.75) is 25.3 Å². The standard InChI is InChI=1S/C26H30N4O5S/c1-3-29-12-14-30(15-13-29)25(26(31)32)17-27-36(33,34)22-10-8-21(9-11-22)35-18-20-16-19(2)28-24-7-5-4-6-23(20)24/h4-11,16-17,27H,3,12-15,18H2,1-2H3,(H,31,32). The molecule has 1 aliphatic heterocycles. The highest BCUT2D eigenvalue weighted by molar-refractivity contribution is 7.89. The number of carbonyl (C=O) groups is 1. The quantitative estimate of drug-likeness (QED) is 0.423. The third-order valence-corrected chi connectivity index (χ3v) is 7.51. The summed E-state index contributed by atoms with van der Waals surface area (Å²) in [5.41, 5.74) is 2.70. The van der Waals surface area contributed by atoms with E-state index in [4.69, 9.17) is 4.74 Å². The molecule has 2 aromatic carbocycles. The zero-order valence-corrected chi connectivity index (χ0v) is 21.2. The molecule has 0 saturated carbocycles. The van der Waals surface area contributed by atoms with Crippen molar-refractivity contribution in [3.05, 3.63) is 77.8 Å². The van der Waals surface area contributed by atoms with E-state index < -0.39 is 16.0 Å². The van der Waals surface area contributed by atoms with E-state index in [0.717, 1.165) is 48.0 Å². The first-order valence-electron chi connectivity index (χ1n) is 11.8. The van der Waals surface area contributed by atoms with Crippen molar-refractivity contribution in [1.29, 1.82) is 0 Å². The van der Waals surface area contributed by atoms with Gasteiger partial charge in [0.25, 0.3) is 10.0 Å². The number of benzene rings is 2. The van der Waals surface area contributed by atoms with Gasteiger partial charge in [-0.25, -0.2) is 13.2 Å². The van der Waals surface area contributed by atoms with Crippen LogP contribution in [0.1, 0.15) is 18.2 Å². The number of carboxylic acid groups (broad SMARTS) is 1. The van der Waals surface area contributed by atoms with Crippen molar-refractivity contribution in [2.24, 2.45) is 0 Å². The molecule has 0 aliphatic carbocycles. The first kappa shape index (κ1) is 25.5. The summed E-state index contributed by atoms with van der Waals surface area (Å²) in [6, 6.07) is 15.8. The number of aromatic nitrogens is 1. The van der Waals surface area contributed by atoms with Crippen LogP contribution in [-0.2, 0) is 21.4 Å². The van der Waals surface area contributed by atoms with Crippen molar-refractivity contribution in [2.75, 3.05) is 32.7 Å². The van der Waals surface area contributed by atoms with Crippen LogP contribution in [0.25, 0.3) is 10.9 Å². The van der Waals surface area contributed by atoms with Crippen molar-refractivity contribution < 1.29 is 23.1 Å². The molecule has 4 rings (SSSR count). The minimum absolute atomic E-state index is 0.0110. The lowest BCUT2D eigenvalue weighted by molar-refractivity contribution is -0.134. The normalized spacial score (nSPS) is 15.2. The lowest BCUT2D eigenvalue weighted by Crippen LogP contribution is -2.47. The molecule has 0 bridgehead atoms. The Morgan fingerprint density at radius 3 is 2.47 bits per heavy atom. The summed E-state index contributed by atoms with van der Waals surface area (Å²) in [7, 11) is -3.95. The molecule has 0 spiro atoms. The van der Waals surface area contributed by atoms with Gasteiger partial charge < -0.3 is 19.6 Å². The number of fused-ring (bicyclic) bond motifs is 1. The average Bonchev–Trinajstić information content (AvgIpc) is 2.87. The number of aryl methyl sites for hydroxylation is 1. The first-order valence-corrected chi connectivity index (χ1v) is 13.3. The number of piperazine rings is 1. The maximum atomic E-state index is 12.8. The van der Waals surface area contributed by atoms with E-state index in [1.54, 1.807) is 17.0 Å². The Morgan fingerprint density at radius 2 is 1.81 bits per heavy atom. The summed E-state index contributed by atoms with van der Waals surface area (Å²) in [6.07, 6.45) is 1.06. The Bertz CT molecular complexity index is 1360. The van der Waals surface area contributed by atoms with Crippen LogP contribution in [-0.4, -0.2) is 67.0 Å². The first-order chi connectivity index (χ1) is 17.3. The number of aliphatic carboxylic acids is 1. The second-order valence-electron chi connectivity index (χ2n) is 8.58. The number of hydrogen-bond acceptors (Lipinski definition) is 7. The van der Waals surface area contributed by atoms with E-state index in [0.29, 0.717) is 25.4 Å². The Hall–Kier alpha value is -3.63.